The van der Waals surface area contributed by atoms with Gasteiger partial charge in [-0.3, -0.25) is 0 Å². The fraction of sp³-hybridized carbons (Fsp3) is 0.111. The van der Waals surface area contributed by atoms with Crippen LogP contribution in [0.3, 0.4) is 0 Å². The molecule has 3 nitrogen and oxygen atoms in total. The molecule has 0 saturated heterocycles. The summed E-state index contributed by atoms with van der Waals surface area (Å²) in [7, 11) is 0. The van der Waals surface area contributed by atoms with E-state index in [1.165, 1.54) is 5.56 Å². The molecule has 1 aromatic heterocycles. The van der Waals surface area contributed by atoms with Crippen molar-refractivity contribution in [3.63, 3.8) is 0 Å². The van der Waals surface area contributed by atoms with Crippen LogP contribution in [0.2, 0.25) is 5.02 Å². The van der Waals surface area contributed by atoms with Gasteiger partial charge in [-0.25, -0.2) is 0 Å². The molecule has 2 aromatic carbocycles. The van der Waals surface area contributed by atoms with Crippen molar-refractivity contribution in [2.45, 2.75) is 6.54 Å². The second kappa shape index (κ2) is 5.43. The van der Waals surface area contributed by atoms with Gasteiger partial charge in [-0.2, -0.15) is 0 Å². The predicted molar refractivity (Wildman–Crippen MR) is 86.5 cm³/mol. The minimum Gasteiger partial charge on any atom is -0.454 e. The molecule has 0 saturated carbocycles. The normalized spacial score (nSPS) is 12.6. The highest BCUT2D eigenvalue weighted by molar-refractivity contribution is 6.30. The Morgan fingerprint density at radius 2 is 1.77 bits per heavy atom. The van der Waals surface area contributed by atoms with Crippen molar-refractivity contribution in [2.75, 3.05) is 6.79 Å². The highest BCUT2D eigenvalue weighted by Gasteiger charge is 2.13. The van der Waals surface area contributed by atoms with Gasteiger partial charge in [0.1, 0.15) is 0 Å². The van der Waals surface area contributed by atoms with E-state index in [0.717, 1.165) is 34.3 Å². The van der Waals surface area contributed by atoms with E-state index in [1.54, 1.807) is 0 Å². The maximum Gasteiger partial charge on any atom is 0.231 e. The number of hydrogen-bond donors (Lipinski definition) is 0. The van der Waals surface area contributed by atoms with Crippen LogP contribution in [0.4, 0.5) is 0 Å². The molecule has 0 unspecified atom stereocenters. The fourth-order valence-electron chi connectivity index (χ4n) is 2.67. The molecular formula is C18H14ClNO2. The highest BCUT2D eigenvalue weighted by atomic mass is 35.5. The van der Waals surface area contributed by atoms with Crippen LogP contribution in [-0.2, 0) is 6.54 Å². The molecule has 0 atom stereocenters. The Labute approximate surface area is 133 Å². The molecule has 1 aliphatic rings. The lowest BCUT2D eigenvalue weighted by atomic mass is 10.1. The number of fused-ring (bicyclic) bond motifs is 1. The van der Waals surface area contributed by atoms with Crippen LogP contribution in [0.5, 0.6) is 11.5 Å². The zero-order valence-electron chi connectivity index (χ0n) is 11.8. The Bertz CT molecular complexity index is 808. The lowest BCUT2D eigenvalue weighted by Crippen LogP contribution is -2.00. The van der Waals surface area contributed by atoms with Crippen LogP contribution in [0.15, 0.2) is 60.8 Å². The molecule has 0 aliphatic carbocycles. The number of halogens is 1. The van der Waals surface area contributed by atoms with Gasteiger partial charge >= 0.3 is 0 Å². The van der Waals surface area contributed by atoms with Crippen molar-refractivity contribution < 1.29 is 9.47 Å². The second-order valence-electron chi connectivity index (χ2n) is 5.22. The standard InChI is InChI=1S/C18H14ClNO2/c19-15-6-4-14(5-7-15)16-2-1-9-20(16)11-13-3-8-17-18(10-13)22-12-21-17/h1-10H,11-12H2. The Balaban J connectivity index is 1.64. The van der Waals surface area contributed by atoms with Crippen molar-refractivity contribution in [2.24, 2.45) is 0 Å². The molecule has 22 heavy (non-hydrogen) atoms. The molecule has 0 amide bonds. The summed E-state index contributed by atoms with van der Waals surface area (Å²) in [5, 5.41) is 0.748. The van der Waals surface area contributed by atoms with Crippen LogP contribution in [0.25, 0.3) is 11.3 Å². The average Bonchev–Trinajstić information content (AvgIpc) is 3.17. The lowest BCUT2D eigenvalue weighted by molar-refractivity contribution is 0.174. The van der Waals surface area contributed by atoms with Gasteiger partial charge in [0.25, 0.3) is 0 Å². The van der Waals surface area contributed by atoms with Gasteiger partial charge in [0, 0.05) is 23.5 Å². The van der Waals surface area contributed by atoms with Gasteiger partial charge in [0.05, 0.1) is 0 Å². The summed E-state index contributed by atoms with van der Waals surface area (Å²) in [6.45, 7) is 1.08. The van der Waals surface area contributed by atoms with Crippen LogP contribution in [-0.4, -0.2) is 11.4 Å². The summed E-state index contributed by atoms with van der Waals surface area (Å²) in [6, 6.07) is 18.1. The summed E-state index contributed by atoms with van der Waals surface area (Å²) in [4.78, 5) is 0. The highest BCUT2D eigenvalue weighted by Crippen LogP contribution is 2.33. The van der Waals surface area contributed by atoms with E-state index in [0.29, 0.717) is 6.79 Å². The van der Waals surface area contributed by atoms with E-state index in [-0.39, 0.29) is 0 Å². The van der Waals surface area contributed by atoms with Gasteiger partial charge in [0.2, 0.25) is 6.79 Å². The number of aromatic nitrogens is 1. The van der Waals surface area contributed by atoms with E-state index >= 15 is 0 Å². The minimum absolute atomic E-state index is 0.304. The van der Waals surface area contributed by atoms with E-state index in [1.807, 2.05) is 36.4 Å². The second-order valence-corrected chi connectivity index (χ2v) is 5.65. The van der Waals surface area contributed by atoms with Gasteiger partial charge < -0.3 is 14.0 Å². The first-order valence-electron chi connectivity index (χ1n) is 7.09. The molecule has 0 N–H and O–H groups in total. The molecular weight excluding hydrogens is 298 g/mol. The van der Waals surface area contributed by atoms with Crippen LogP contribution < -0.4 is 9.47 Å². The first kappa shape index (κ1) is 13.3. The number of rotatable bonds is 3. The van der Waals surface area contributed by atoms with Gasteiger partial charge in [-0.05, 0) is 47.5 Å². The zero-order valence-corrected chi connectivity index (χ0v) is 12.6. The smallest absolute Gasteiger partial charge is 0.231 e. The fourth-order valence-corrected chi connectivity index (χ4v) is 2.80. The maximum atomic E-state index is 5.96. The minimum atomic E-state index is 0.304. The van der Waals surface area contributed by atoms with Gasteiger partial charge in [0.15, 0.2) is 11.5 Å². The molecule has 0 spiro atoms. The number of hydrogen-bond acceptors (Lipinski definition) is 2. The predicted octanol–water partition coefficient (Wildman–Crippen LogP) is 4.59. The Morgan fingerprint density at radius 3 is 2.64 bits per heavy atom. The summed E-state index contributed by atoms with van der Waals surface area (Å²) < 4.78 is 13.0. The summed E-state index contributed by atoms with van der Waals surface area (Å²) in [6.07, 6.45) is 2.08. The zero-order chi connectivity index (χ0) is 14.9. The lowest BCUT2D eigenvalue weighted by Gasteiger charge is -2.10. The van der Waals surface area contributed by atoms with Crippen LogP contribution >= 0.6 is 11.6 Å². The van der Waals surface area contributed by atoms with Crippen molar-refractivity contribution >= 4 is 11.6 Å². The summed E-state index contributed by atoms with van der Waals surface area (Å²) in [5.41, 5.74) is 3.49. The number of ether oxygens (including phenoxy) is 2. The Hall–Kier alpha value is -2.39. The first-order chi connectivity index (χ1) is 10.8. The summed E-state index contributed by atoms with van der Waals surface area (Å²) >= 11 is 5.96. The largest absolute Gasteiger partial charge is 0.454 e. The van der Waals surface area contributed by atoms with E-state index < -0.39 is 0 Å². The first-order valence-corrected chi connectivity index (χ1v) is 7.47. The number of nitrogens with zero attached hydrogens (tertiary/aromatic N) is 1. The Kier molecular flexibility index (Phi) is 3.28. The van der Waals surface area contributed by atoms with Crippen molar-refractivity contribution in [3.05, 3.63) is 71.4 Å². The molecule has 3 aromatic rings. The topological polar surface area (TPSA) is 23.4 Å². The molecule has 110 valence electrons. The molecule has 0 radical (unpaired) electrons. The van der Waals surface area contributed by atoms with Crippen molar-refractivity contribution in [1.82, 2.24) is 4.57 Å². The SMILES string of the molecule is Clc1ccc(-c2cccn2Cc2ccc3c(c2)OCO3)cc1. The third-order valence-corrected chi connectivity index (χ3v) is 4.01. The molecule has 2 heterocycles. The monoisotopic (exact) mass is 311 g/mol. The van der Waals surface area contributed by atoms with E-state index in [4.69, 9.17) is 21.1 Å². The summed E-state index contributed by atoms with van der Waals surface area (Å²) in [5.74, 6) is 1.63. The maximum absolute atomic E-state index is 5.96. The molecule has 1 aliphatic heterocycles. The third-order valence-electron chi connectivity index (χ3n) is 3.76. The van der Waals surface area contributed by atoms with Crippen LogP contribution in [0, 0.1) is 0 Å². The van der Waals surface area contributed by atoms with Gasteiger partial charge in [-0.1, -0.05) is 29.8 Å². The molecule has 0 fully saturated rings. The molecule has 0 bridgehead atoms. The van der Waals surface area contributed by atoms with Crippen molar-refractivity contribution in [1.29, 1.82) is 0 Å². The van der Waals surface area contributed by atoms with E-state index in [9.17, 15) is 0 Å². The quantitative estimate of drug-likeness (QED) is 0.706. The van der Waals surface area contributed by atoms with Crippen molar-refractivity contribution in [3.8, 4) is 22.8 Å². The van der Waals surface area contributed by atoms with Gasteiger partial charge in [-0.15, -0.1) is 0 Å². The van der Waals surface area contributed by atoms with E-state index in [2.05, 4.69) is 29.0 Å². The Morgan fingerprint density at radius 1 is 0.955 bits per heavy atom. The third kappa shape index (κ3) is 2.44. The van der Waals surface area contributed by atoms with Crippen LogP contribution in [0.1, 0.15) is 5.56 Å². The molecule has 4 heteroatoms. The average molecular weight is 312 g/mol. The molecule has 4 rings (SSSR count). The number of benzene rings is 2.